The first-order chi connectivity index (χ1) is 8.41. The zero-order chi connectivity index (χ0) is 13.8. The highest BCUT2D eigenvalue weighted by Crippen LogP contribution is 2.06. The number of hydrogen-bond donors (Lipinski definition) is 1. The summed E-state index contributed by atoms with van der Waals surface area (Å²) >= 11 is 0. The normalized spacial score (nSPS) is 19.9. The van der Waals surface area contributed by atoms with Gasteiger partial charge in [-0.05, 0) is 6.42 Å². The van der Waals surface area contributed by atoms with E-state index in [1.54, 1.807) is 6.92 Å². The van der Waals surface area contributed by atoms with Crippen LogP contribution in [-0.4, -0.2) is 62.1 Å². The van der Waals surface area contributed by atoms with Crippen LogP contribution in [0, 0.1) is 0 Å². The van der Waals surface area contributed by atoms with Crippen LogP contribution >= 0.6 is 0 Å². The molecule has 0 aromatic carbocycles. The minimum absolute atomic E-state index is 0.0322. The van der Waals surface area contributed by atoms with Crippen molar-refractivity contribution in [2.75, 3.05) is 24.6 Å². The molecule has 0 aromatic rings. The van der Waals surface area contributed by atoms with E-state index in [1.807, 2.05) is 0 Å². The summed E-state index contributed by atoms with van der Waals surface area (Å²) in [6, 6.07) is -0.839. The number of carbonyl (C=O) groups is 3. The lowest BCUT2D eigenvalue weighted by Crippen LogP contribution is -2.51. The predicted octanol–water partition coefficient (Wildman–Crippen LogP) is -1.66. The van der Waals surface area contributed by atoms with Gasteiger partial charge in [0.1, 0.15) is 0 Å². The lowest BCUT2D eigenvalue weighted by atomic mass is 10.1. The van der Waals surface area contributed by atoms with Crippen molar-refractivity contribution < 1.29 is 22.8 Å². The average molecular weight is 276 g/mol. The lowest BCUT2D eigenvalue weighted by Gasteiger charge is -2.27. The van der Waals surface area contributed by atoms with Crippen molar-refractivity contribution in [1.82, 2.24) is 10.2 Å². The van der Waals surface area contributed by atoms with Gasteiger partial charge in [-0.15, -0.1) is 0 Å². The SMILES string of the molecule is CC[C@H](NC=O)C(=O)C(=O)N1CCS(=O)(=O)CC1. The predicted molar refractivity (Wildman–Crippen MR) is 63.5 cm³/mol. The van der Waals surface area contributed by atoms with Crippen molar-refractivity contribution in [2.45, 2.75) is 19.4 Å². The fraction of sp³-hybridized carbons (Fsp3) is 0.700. The van der Waals surface area contributed by atoms with Gasteiger partial charge >= 0.3 is 0 Å². The monoisotopic (exact) mass is 276 g/mol. The molecule has 0 spiro atoms. The minimum Gasteiger partial charge on any atom is -0.348 e. The summed E-state index contributed by atoms with van der Waals surface area (Å²) in [4.78, 5) is 35.1. The van der Waals surface area contributed by atoms with E-state index >= 15 is 0 Å². The van der Waals surface area contributed by atoms with Crippen molar-refractivity contribution in [2.24, 2.45) is 0 Å². The molecule has 18 heavy (non-hydrogen) atoms. The number of hydrogen-bond acceptors (Lipinski definition) is 5. The number of carbonyl (C=O) groups excluding carboxylic acids is 3. The largest absolute Gasteiger partial charge is 0.348 e. The van der Waals surface area contributed by atoms with Gasteiger partial charge in [0, 0.05) is 13.1 Å². The average Bonchev–Trinajstić information content (AvgIpc) is 2.34. The Balaban J connectivity index is 2.65. The zero-order valence-corrected chi connectivity index (χ0v) is 10.9. The van der Waals surface area contributed by atoms with Gasteiger partial charge in [0.25, 0.3) is 5.91 Å². The second-order valence-corrected chi connectivity index (χ2v) is 6.36. The first-order valence-corrected chi connectivity index (χ1v) is 7.46. The molecule has 1 rings (SSSR count). The van der Waals surface area contributed by atoms with E-state index in [1.165, 1.54) is 4.90 Å². The van der Waals surface area contributed by atoms with Gasteiger partial charge in [0.05, 0.1) is 17.5 Å². The number of Topliss-reactive ketones (excluding diaryl/α,β-unsaturated/α-hetero) is 1. The van der Waals surface area contributed by atoms with E-state index in [0.29, 0.717) is 12.8 Å². The molecule has 1 aliphatic rings. The molecule has 0 aliphatic carbocycles. The molecular formula is C10H16N2O5S. The van der Waals surface area contributed by atoms with Crippen LogP contribution in [0.15, 0.2) is 0 Å². The number of ketones is 1. The van der Waals surface area contributed by atoms with Crippen molar-refractivity contribution in [1.29, 1.82) is 0 Å². The van der Waals surface area contributed by atoms with E-state index < -0.39 is 27.6 Å². The maximum absolute atomic E-state index is 11.8. The quantitative estimate of drug-likeness (QED) is 0.478. The van der Waals surface area contributed by atoms with Crippen LogP contribution in [0.5, 0.6) is 0 Å². The van der Waals surface area contributed by atoms with Gasteiger partial charge < -0.3 is 10.2 Å². The van der Waals surface area contributed by atoms with Crippen molar-refractivity contribution in [3.63, 3.8) is 0 Å². The standard InChI is InChI=1S/C10H16N2O5S/c1-2-8(11-7-13)9(14)10(15)12-3-5-18(16,17)6-4-12/h7-8H,2-6H2,1H3,(H,11,13)/t8-/m0/s1. The molecule has 1 N–H and O–H groups in total. The molecule has 1 saturated heterocycles. The molecule has 0 radical (unpaired) electrons. The van der Waals surface area contributed by atoms with E-state index in [-0.39, 0.29) is 24.6 Å². The third-order valence-electron chi connectivity index (χ3n) is 2.84. The molecule has 1 aliphatic heterocycles. The summed E-state index contributed by atoms with van der Waals surface area (Å²) in [5.74, 6) is -1.68. The highest BCUT2D eigenvalue weighted by Gasteiger charge is 2.31. The van der Waals surface area contributed by atoms with Gasteiger partial charge in [-0.3, -0.25) is 14.4 Å². The van der Waals surface area contributed by atoms with Gasteiger partial charge in [0.15, 0.2) is 9.84 Å². The molecule has 0 bridgehead atoms. The van der Waals surface area contributed by atoms with Crippen LogP contribution in [0.25, 0.3) is 0 Å². The summed E-state index contributed by atoms with van der Waals surface area (Å²) in [6.07, 6.45) is 0.690. The second kappa shape index (κ2) is 5.94. The highest BCUT2D eigenvalue weighted by molar-refractivity contribution is 7.91. The Morgan fingerprint density at radius 1 is 1.33 bits per heavy atom. The molecule has 1 atom stereocenters. The van der Waals surface area contributed by atoms with Crippen LogP contribution < -0.4 is 5.32 Å². The van der Waals surface area contributed by atoms with Crippen molar-refractivity contribution in [3.05, 3.63) is 0 Å². The summed E-state index contributed by atoms with van der Waals surface area (Å²) in [6.45, 7) is 1.74. The van der Waals surface area contributed by atoms with Crippen molar-refractivity contribution >= 4 is 27.9 Å². The fourth-order valence-corrected chi connectivity index (χ4v) is 2.88. The molecular weight excluding hydrogens is 260 g/mol. The number of nitrogens with zero attached hydrogens (tertiary/aromatic N) is 1. The summed E-state index contributed by atoms with van der Waals surface area (Å²) in [7, 11) is -3.09. The van der Waals surface area contributed by atoms with Crippen LogP contribution in [0.3, 0.4) is 0 Å². The van der Waals surface area contributed by atoms with E-state index in [9.17, 15) is 22.8 Å². The Morgan fingerprint density at radius 2 is 1.89 bits per heavy atom. The molecule has 7 nitrogen and oxygen atoms in total. The molecule has 8 heteroatoms. The number of rotatable bonds is 5. The Kier molecular flexibility index (Phi) is 4.83. The Hall–Kier alpha value is -1.44. The van der Waals surface area contributed by atoms with E-state index in [2.05, 4.69) is 5.32 Å². The molecule has 1 fully saturated rings. The Morgan fingerprint density at radius 3 is 2.33 bits per heavy atom. The van der Waals surface area contributed by atoms with Gasteiger partial charge in [-0.1, -0.05) is 6.92 Å². The molecule has 102 valence electrons. The number of sulfone groups is 1. The van der Waals surface area contributed by atoms with E-state index in [0.717, 1.165) is 0 Å². The summed E-state index contributed by atoms with van der Waals surface area (Å²) in [5, 5.41) is 2.27. The zero-order valence-electron chi connectivity index (χ0n) is 10.1. The van der Waals surface area contributed by atoms with Crippen LogP contribution in [-0.2, 0) is 24.2 Å². The first kappa shape index (κ1) is 14.6. The third kappa shape index (κ3) is 3.52. The number of nitrogens with one attached hydrogen (secondary N) is 1. The van der Waals surface area contributed by atoms with E-state index in [4.69, 9.17) is 0 Å². The summed E-state index contributed by atoms with van der Waals surface area (Å²) in [5.41, 5.74) is 0. The Bertz CT molecular complexity index is 431. The molecule has 0 unspecified atom stereocenters. The maximum atomic E-state index is 11.8. The van der Waals surface area contributed by atoms with Gasteiger partial charge in [-0.25, -0.2) is 8.42 Å². The number of amides is 2. The molecule has 0 aromatic heterocycles. The van der Waals surface area contributed by atoms with Gasteiger partial charge in [-0.2, -0.15) is 0 Å². The van der Waals surface area contributed by atoms with Crippen LogP contribution in [0.4, 0.5) is 0 Å². The second-order valence-electron chi connectivity index (χ2n) is 4.05. The van der Waals surface area contributed by atoms with Crippen molar-refractivity contribution in [3.8, 4) is 0 Å². The first-order valence-electron chi connectivity index (χ1n) is 5.64. The summed E-state index contributed by atoms with van der Waals surface area (Å²) < 4.78 is 22.4. The maximum Gasteiger partial charge on any atom is 0.292 e. The molecule has 0 saturated carbocycles. The van der Waals surface area contributed by atoms with Gasteiger partial charge in [0.2, 0.25) is 12.2 Å². The smallest absolute Gasteiger partial charge is 0.292 e. The lowest BCUT2D eigenvalue weighted by molar-refractivity contribution is -0.145. The molecule has 1 heterocycles. The third-order valence-corrected chi connectivity index (χ3v) is 4.45. The topological polar surface area (TPSA) is 101 Å². The highest BCUT2D eigenvalue weighted by atomic mass is 32.2. The fourth-order valence-electron chi connectivity index (χ4n) is 1.68. The Labute approximate surface area is 105 Å². The minimum atomic E-state index is -3.09. The molecule has 2 amide bonds. The van der Waals surface area contributed by atoms with Crippen LogP contribution in [0.1, 0.15) is 13.3 Å². The van der Waals surface area contributed by atoms with Crippen LogP contribution in [0.2, 0.25) is 0 Å².